The number of hydrogen-bond acceptors (Lipinski definition) is 3. The molecule has 1 atom stereocenters. The zero-order chi connectivity index (χ0) is 16.1. The fourth-order valence-corrected chi connectivity index (χ4v) is 3.96. The van der Waals surface area contributed by atoms with Crippen LogP contribution in [0.25, 0.3) is 0 Å². The van der Waals surface area contributed by atoms with Crippen LogP contribution in [0, 0.1) is 0 Å². The van der Waals surface area contributed by atoms with Gasteiger partial charge in [-0.1, -0.05) is 30.3 Å². The molecule has 1 aliphatic heterocycles. The van der Waals surface area contributed by atoms with Gasteiger partial charge < -0.3 is 5.32 Å². The molecule has 4 heteroatoms. The molecule has 2 aromatic rings. The number of hydrogen-bond donors (Lipinski definition) is 1. The van der Waals surface area contributed by atoms with Crippen molar-refractivity contribution in [2.75, 3.05) is 13.1 Å². The molecule has 1 amide bonds. The zero-order valence-electron chi connectivity index (χ0n) is 13.6. The van der Waals surface area contributed by atoms with Crippen LogP contribution in [0.5, 0.6) is 0 Å². The van der Waals surface area contributed by atoms with E-state index >= 15 is 0 Å². The minimum Gasteiger partial charge on any atom is -0.353 e. The Labute approximate surface area is 142 Å². The van der Waals surface area contributed by atoms with Gasteiger partial charge in [0, 0.05) is 24.0 Å². The number of fused-ring (bicyclic) bond motifs is 1. The summed E-state index contributed by atoms with van der Waals surface area (Å²) < 4.78 is 0. The van der Waals surface area contributed by atoms with Crippen LogP contribution in [0.4, 0.5) is 0 Å². The second kappa shape index (κ2) is 7.75. The Morgan fingerprint density at radius 2 is 2.13 bits per heavy atom. The standard InChI is InChI=1S/C19H24N2OS/c1-15(7-8-16-5-3-2-4-6-16)20-19(22)14-21-11-9-18-17(13-21)10-12-23-18/h2-6,10,12,15H,7-9,11,13-14H2,1H3,(H,20,22). The third-order valence-corrected chi connectivity index (χ3v) is 5.39. The molecule has 3 nitrogen and oxygen atoms in total. The summed E-state index contributed by atoms with van der Waals surface area (Å²) in [5, 5.41) is 5.29. The van der Waals surface area contributed by atoms with E-state index in [1.807, 2.05) is 17.4 Å². The van der Waals surface area contributed by atoms with E-state index in [4.69, 9.17) is 0 Å². The number of thiophene rings is 1. The highest BCUT2D eigenvalue weighted by Crippen LogP contribution is 2.23. The first kappa shape index (κ1) is 16.2. The van der Waals surface area contributed by atoms with Crippen molar-refractivity contribution in [2.24, 2.45) is 0 Å². The molecule has 1 aromatic carbocycles. The molecule has 122 valence electrons. The molecule has 0 aliphatic carbocycles. The molecular weight excluding hydrogens is 304 g/mol. The van der Waals surface area contributed by atoms with E-state index in [0.717, 1.165) is 32.4 Å². The van der Waals surface area contributed by atoms with Gasteiger partial charge in [0.1, 0.15) is 0 Å². The molecule has 23 heavy (non-hydrogen) atoms. The van der Waals surface area contributed by atoms with Crippen molar-refractivity contribution in [3.8, 4) is 0 Å². The lowest BCUT2D eigenvalue weighted by Crippen LogP contribution is -2.42. The van der Waals surface area contributed by atoms with Crippen molar-refractivity contribution in [3.05, 3.63) is 57.8 Å². The second-order valence-electron chi connectivity index (χ2n) is 6.32. The maximum absolute atomic E-state index is 12.2. The van der Waals surface area contributed by atoms with Crippen LogP contribution >= 0.6 is 11.3 Å². The summed E-state index contributed by atoms with van der Waals surface area (Å²) in [6, 6.07) is 12.8. The van der Waals surface area contributed by atoms with Crippen molar-refractivity contribution in [1.82, 2.24) is 10.2 Å². The van der Waals surface area contributed by atoms with Crippen molar-refractivity contribution < 1.29 is 4.79 Å². The zero-order valence-corrected chi connectivity index (χ0v) is 14.4. The Hall–Kier alpha value is -1.65. The molecule has 2 heterocycles. The number of carbonyl (C=O) groups excluding carboxylic acids is 1. The molecule has 0 fully saturated rings. The Morgan fingerprint density at radius 3 is 2.96 bits per heavy atom. The molecule has 3 rings (SSSR count). The van der Waals surface area contributed by atoms with Gasteiger partial charge in [0.2, 0.25) is 5.91 Å². The summed E-state index contributed by atoms with van der Waals surface area (Å²) in [6.07, 6.45) is 3.05. The number of rotatable bonds is 6. The Kier molecular flexibility index (Phi) is 5.47. The average Bonchev–Trinajstić information content (AvgIpc) is 3.01. The fraction of sp³-hybridized carbons (Fsp3) is 0.421. The molecular formula is C19H24N2OS. The molecule has 1 aliphatic rings. The first-order chi connectivity index (χ1) is 11.2. The van der Waals surface area contributed by atoms with Gasteiger partial charge in [0.15, 0.2) is 0 Å². The summed E-state index contributed by atoms with van der Waals surface area (Å²) in [7, 11) is 0. The van der Waals surface area contributed by atoms with Gasteiger partial charge in [0.05, 0.1) is 6.54 Å². The molecule has 0 radical (unpaired) electrons. The topological polar surface area (TPSA) is 32.3 Å². The van der Waals surface area contributed by atoms with Crippen LogP contribution in [-0.2, 0) is 24.2 Å². The second-order valence-corrected chi connectivity index (χ2v) is 7.32. The van der Waals surface area contributed by atoms with E-state index in [9.17, 15) is 4.79 Å². The minimum atomic E-state index is 0.143. The summed E-state index contributed by atoms with van der Waals surface area (Å²) in [5.41, 5.74) is 2.72. The van der Waals surface area contributed by atoms with E-state index in [2.05, 4.69) is 52.9 Å². The lowest BCUT2D eigenvalue weighted by molar-refractivity contribution is -0.123. The van der Waals surface area contributed by atoms with Gasteiger partial charge in [0.25, 0.3) is 0 Å². The third-order valence-electron chi connectivity index (χ3n) is 4.37. The summed E-state index contributed by atoms with van der Waals surface area (Å²) in [6.45, 7) is 4.49. The molecule has 0 bridgehead atoms. The average molecular weight is 328 g/mol. The van der Waals surface area contributed by atoms with Gasteiger partial charge >= 0.3 is 0 Å². The molecule has 1 N–H and O–H groups in total. The van der Waals surface area contributed by atoms with Crippen molar-refractivity contribution in [3.63, 3.8) is 0 Å². The summed E-state index contributed by atoms with van der Waals surface area (Å²) in [5.74, 6) is 0.143. The lowest BCUT2D eigenvalue weighted by Gasteiger charge is -2.26. The van der Waals surface area contributed by atoms with Gasteiger partial charge in [-0.05, 0) is 48.8 Å². The SMILES string of the molecule is CC(CCc1ccccc1)NC(=O)CN1CCc2sccc2C1. The number of nitrogens with one attached hydrogen (secondary N) is 1. The largest absolute Gasteiger partial charge is 0.353 e. The highest BCUT2D eigenvalue weighted by atomic mass is 32.1. The van der Waals surface area contributed by atoms with E-state index in [1.54, 1.807) is 0 Å². The lowest BCUT2D eigenvalue weighted by atomic mass is 10.1. The Bertz CT molecular complexity index is 638. The van der Waals surface area contributed by atoms with Crippen molar-refractivity contribution in [1.29, 1.82) is 0 Å². The van der Waals surface area contributed by atoms with E-state index in [1.165, 1.54) is 16.0 Å². The smallest absolute Gasteiger partial charge is 0.234 e. The Balaban J connectivity index is 1.41. The Morgan fingerprint density at radius 1 is 1.30 bits per heavy atom. The van der Waals surface area contributed by atoms with E-state index in [0.29, 0.717) is 6.54 Å². The predicted octanol–water partition coefficient (Wildman–Crippen LogP) is 3.24. The van der Waals surface area contributed by atoms with Gasteiger partial charge in [-0.3, -0.25) is 9.69 Å². The van der Waals surface area contributed by atoms with Crippen LogP contribution in [-0.4, -0.2) is 29.9 Å². The number of amides is 1. The van der Waals surface area contributed by atoms with Crippen molar-refractivity contribution >= 4 is 17.2 Å². The summed E-state index contributed by atoms with van der Waals surface area (Å²) in [4.78, 5) is 16.0. The fourth-order valence-electron chi connectivity index (χ4n) is 3.07. The maximum Gasteiger partial charge on any atom is 0.234 e. The molecule has 0 saturated heterocycles. The monoisotopic (exact) mass is 328 g/mol. The quantitative estimate of drug-likeness (QED) is 0.883. The number of aryl methyl sites for hydroxylation is 1. The highest BCUT2D eigenvalue weighted by Gasteiger charge is 2.19. The predicted molar refractivity (Wildman–Crippen MR) is 95.7 cm³/mol. The van der Waals surface area contributed by atoms with Crippen molar-refractivity contribution in [2.45, 2.75) is 38.8 Å². The molecule has 0 spiro atoms. The molecule has 0 saturated carbocycles. The minimum absolute atomic E-state index is 0.143. The van der Waals surface area contributed by atoms with Gasteiger partial charge in [-0.15, -0.1) is 11.3 Å². The first-order valence-corrected chi connectivity index (χ1v) is 9.19. The number of nitrogens with zero attached hydrogens (tertiary/aromatic N) is 1. The van der Waals surface area contributed by atoms with Gasteiger partial charge in [-0.25, -0.2) is 0 Å². The van der Waals surface area contributed by atoms with Crippen LogP contribution in [0.2, 0.25) is 0 Å². The number of carbonyl (C=O) groups is 1. The van der Waals surface area contributed by atoms with Crippen LogP contribution in [0.1, 0.15) is 29.3 Å². The summed E-state index contributed by atoms with van der Waals surface area (Å²) >= 11 is 1.83. The van der Waals surface area contributed by atoms with E-state index < -0.39 is 0 Å². The normalized spacial score (nSPS) is 15.9. The van der Waals surface area contributed by atoms with Crippen LogP contribution in [0.15, 0.2) is 41.8 Å². The highest BCUT2D eigenvalue weighted by molar-refractivity contribution is 7.10. The molecule has 1 aromatic heterocycles. The third kappa shape index (κ3) is 4.66. The first-order valence-electron chi connectivity index (χ1n) is 8.31. The van der Waals surface area contributed by atoms with Crippen LogP contribution < -0.4 is 5.32 Å². The van der Waals surface area contributed by atoms with E-state index in [-0.39, 0.29) is 11.9 Å². The van der Waals surface area contributed by atoms with Crippen LogP contribution in [0.3, 0.4) is 0 Å². The number of benzene rings is 1. The van der Waals surface area contributed by atoms with Gasteiger partial charge in [-0.2, -0.15) is 0 Å². The maximum atomic E-state index is 12.2. The molecule has 1 unspecified atom stereocenters.